The maximum Gasteiger partial charge on any atom is 0.325 e. The molecular weight excluding hydrogens is 420 g/mol. The van der Waals surface area contributed by atoms with Crippen molar-refractivity contribution in [3.05, 3.63) is 74.7 Å². The van der Waals surface area contributed by atoms with E-state index in [-0.39, 0.29) is 23.9 Å². The Morgan fingerprint density at radius 2 is 1.90 bits per heavy atom. The van der Waals surface area contributed by atoms with Gasteiger partial charge in [0.1, 0.15) is 5.52 Å². The molecule has 0 bridgehead atoms. The highest BCUT2D eigenvalue weighted by Crippen LogP contribution is 2.34. The zero-order valence-electron chi connectivity index (χ0n) is 16.7. The number of aromatic nitrogens is 3. The molecule has 5 rings (SSSR count). The van der Waals surface area contributed by atoms with E-state index >= 15 is 0 Å². The number of aromatic amines is 1. The topological polar surface area (TPSA) is 101 Å². The summed E-state index contributed by atoms with van der Waals surface area (Å²) < 4.78 is 6.83. The molecule has 3 heterocycles. The van der Waals surface area contributed by atoms with Gasteiger partial charge in [-0.1, -0.05) is 29.8 Å². The summed E-state index contributed by atoms with van der Waals surface area (Å²) in [5.74, 6) is -1.75. The molecule has 31 heavy (non-hydrogen) atoms. The molecule has 1 N–H and O–H groups in total. The number of rotatable bonds is 3. The molecule has 0 radical (unpaired) electrons. The molecule has 1 fully saturated rings. The molecule has 9 heteroatoms. The first-order valence-corrected chi connectivity index (χ1v) is 10.0. The fourth-order valence-corrected chi connectivity index (χ4v) is 4.08. The Morgan fingerprint density at radius 3 is 2.65 bits per heavy atom. The number of hydrogen-bond donors (Lipinski definition) is 1. The van der Waals surface area contributed by atoms with Gasteiger partial charge in [0.25, 0.3) is 5.56 Å². The molecule has 0 aliphatic carbocycles. The summed E-state index contributed by atoms with van der Waals surface area (Å²) in [5, 5.41) is 3.37. The van der Waals surface area contributed by atoms with Crippen LogP contribution in [0.15, 0.2) is 51.7 Å². The first kappa shape index (κ1) is 19.3. The number of hydrogen-bond acceptors (Lipinski definition) is 5. The number of benzene rings is 2. The number of nitrogens with zero attached hydrogens (tertiary/aromatic N) is 3. The molecule has 1 aliphatic rings. The van der Waals surface area contributed by atoms with E-state index in [0.717, 1.165) is 15.1 Å². The normalized spacial score (nSPS) is 16.6. The number of aryl methyl sites for hydroxylation is 2. The lowest BCUT2D eigenvalue weighted by atomic mass is 9.98. The zero-order valence-corrected chi connectivity index (χ0v) is 17.4. The molecule has 1 atom stereocenters. The summed E-state index contributed by atoms with van der Waals surface area (Å²) in [6.07, 6.45) is -0.105. The van der Waals surface area contributed by atoms with E-state index in [4.69, 9.17) is 16.0 Å². The van der Waals surface area contributed by atoms with Crippen molar-refractivity contribution in [3.8, 4) is 6.01 Å². The Hall–Kier alpha value is -3.65. The van der Waals surface area contributed by atoms with E-state index < -0.39 is 17.4 Å². The molecule has 8 nitrogen and oxygen atoms in total. The molecule has 4 aromatic rings. The van der Waals surface area contributed by atoms with Crippen molar-refractivity contribution in [2.24, 2.45) is 0 Å². The maximum absolute atomic E-state index is 13.2. The third-order valence-corrected chi connectivity index (χ3v) is 5.91. The second-order valence-electron chi connectivity index (χ2n) is 7.51. The van der Waals surface area contributed by atoms with Crippen molar-refractivity contribution in [3.63, 3.8) is 0 Å². The standard InChI is InChI=1S/C22H17ClN4O4/c1-11-7-8-13(9-15(11)23)26-18(28)10-14(20(26)29)19-12(2)25-27(21(19)30)22-24-16-5-3-4-6-17(16)31-22/h3-9,14,25H,10H2,1-2H3. The van der Waals surface area contributed by atoms with Gasteiger partial charge in [0, 0.05) is 17.1 Å². The summed E-state index contributed by atoms with van der Waals surface area (Å²) in [7, 11) is 0. The number of imide groups is 1. The van der Waals surface area contributed by atoms with E-state index in [1.165, 1.54) is 0 Å². The molecule has 2 amide bonds. The Kier molecular flexibility index (Phi) is 4.33. The Labute approximate surface area is 181 Å². The van der Waals surface area contributed by atoms with Crippen LogP contribution in [-0.2, 0) is 9.59 Å². The van der Waals surface area contributed by atoms with E-state index in [9.17, 15) is 14.4 Å². The molecule has 2 aromatic heterocycles. The molecule has 0 saturated carbocycles. The van der Waals surface area contributed by atoms with Crippen LogP contribution in [0.2, 0.25) is 5.02 Å². The fraction of sp³-hybridized carbons (Fsp3) is 0.182. The van der Waals surface area contributed by atoms with Crippen LogP contribution < -0.4 is 10.5 Å². The second-order valence-corrected chi connectivity index (χ2v) is 7.92. The van der Waals surface area contributed by atoms with Crippen LogP contribution in [0.3, 0.4) is 0 Å². The van der Waals surface area contributed by atoms with Crippen molar-refractivity contribution in [1.29, 1.82) is 0 Å². The highest BCUT2D eigenvalue weighted by atomic mass is 35.5. The van der Waals surface area contributed by atoms with Crippen LogP contribution in [0.4, 0.5) is 5.69 Å². The van der Waals surface area contributed by atoms with E-state index in [2.05, 4.69) is 10.1 Å². The molecular formula is C22H17ClN4O4. The summed E-state index contributed by atoms with van der Waals surface area (Å²) in [6, 6.07) is 12.2. The number of nitrogens with one attached hydrogen (secondary N) is 1. The van der Waals surface area contributed by atoms with Gasteiger partial charge < -0.3 is 4.42 Å². The smallest absolute Gasteiger partial charge is 0.325 e. The van der Waals surface area contributed by atoms with Crippen molar-refractivity contribution in [2.75, 3.05) is 4.90 Å². The predicted octanol–water partition coefficient (Wildman–Crippen LogP) is 3.62. The highest BCUT2D eigenvalue weighted by molar-refractivity contribution is 6.32. The fourth-order valence-electron chi connectivity index (χ4n) is 3.91. The lowest BCUT2D eigenvalue weighted by Crippen LogP contribution is -2.31. The number of anilines is 1. The third kappa shape index (κ3) is 2.98. The maximum atomic E-state index is 13.2. The molecule has 2 aromatic carbocycles. The average molecular weight is 437 g/mol. The third-order valence-electron chi connectivity index (χ3n) is 5.50. The van der Waals surface area contributed by atoms with E-state index in [1.54, 1.807) is 43.3 Å². The SMILES string of the molecule is Cc1ccc(N2C(=O)CC(c3c(C)[nH]n(-c4nc5ccccc5o4)c3=O)C2=O)cc1Cl. The lowest BCUT2D eigenvalue weighted by molar-refractivity contribution is -0.121. The zero-order chi connectivity index (χ0) is 21.9. The van der Waals surface area contributed by atoms with Gasteiger partial charge >= 0.3 is 6.01 Å². The van der Waals surface area contributed by atoms with Crippen molar-refractivity contribution in [2.45, 2.75) is 26.2 Å². The molecule has 1 unspecified atom stereocenters. The van der Waals surface area contributed by atoms with Crippen LogP contribution >= 0.6 is 11.6 Å². The van der Waals surface area contributed by atoms with Crippen LogP contribution in [0, 0.1) is 13.8 Å². The quantitative estimate of drug-likeness (QED) is 0.494. The van der Waals surface area contributed by atoms with Gasteiger partial charge in [0.05, 0.1) is 17.2 Å². The highest BCUT2D eigenvalue weighted by Gasteiger charge is 2.43. The summed E-state index contributed by atoms with van der Waals surface area (Å²) in [4.78, 5) is 44.5. The lowest BCUT2D eigenvalue weighted by Gasteiger charge is -2.15. The number of carbonyl (C=O) groups excluding carboxylic acids is 2. The minimum atomic E-state index is -0.901. The molecule has 156 valence electrons. The minimum absolute atomic E-state index is 0.0690. The molecule has 0 spiro atoms. The number of carbonyl (C=O) groups is 2. The Balaban J connectivity index is 1.55. The minimum Gasteiger partial charge on any atom is -0.422 e. The number of para-hydroxylation sites is 2. The monoisotopic (exact) mass is 436 g/mol. The van der Waals surface area contributed by atoms with Crippen molar-refractivity contribution in [1.82, 2.24) is 14.8 Å². The number of amides is 2. The second kappa shape index (κ2) is 6.95. The van der Waals surface area contributed by atoms with Gasteiger partial charge in [-0.05, 0) is 43.7 Å². The van der Waals surface area contributed by atoms with Crippen LogP contribution in [-0.4, -0.2) is 26.6 Å². The van der Waals surface area contributed by atoms with E-state index in [0.29, 0.717) is 27.5 Å². The van der Waals surface area contributed by atoms with Gasteiger partial charge in [-0.25, -0.2) is 4.90 Å². The number of fused-ring (bicyclic) bond motifs is 1. The summed E-state index contributed by atoms with van der Waals surface area (Å²) in [6.45, 7) is 3.51. The first-order valence-electron chi connectivity index (χ1n) is 9.65. The van der Waals surface area contributed by atoms with Gasteiger partial charge in [0.2, 0.25) is 11.8 Å². The number of H-pyrrole nitrogens is 1. The van der Waals surface area contributed by atoms with Crippen LogP contribution in [0.1, 0.15) is 29.2 Å². The first-order chi connectivity index (χ1) is 14.8. The Bertz CT molecular complexity index is 1400. The summed E-state index contributed by atoms with van der Waals surface area (Å²) >= 11 is 6.17. The van der Waals surface area contributed by atoms with Crippen LogP contribution in [0.5, 0.6) is 0 Å². The predicted molar refractivity (Wildman–Crippen MR) is 115 cm³/mol. The van der Waals surface area contributed by atoms with Crippen molar-refractivity contribution < 1.29 is 14.0 Å². The van der Waals surface area contributed by atoms with Gasteiger partial charge in [-0.15, -0.1) is 0 Å². The van der Waals surface area contributed by atoms with E-state index in [1.807, 2.05) is 13.0 Å². The number of oxazole rings is 1. The molecule has 1 saturated heterocycles. The largest absolute Gasteiger partial charge is 0.422 e. The van der Waals surface area contributed by atoms with Gasteiger partial charge in [0.15, 0.2) is 5.58 Å². The van der Waals surface area contributed by atoms with Crippen LogP contribution in [0.25, 0.3) is 17.1 Å². The van der Waals surface area contributed by atoms with Gasteiger partial charge in [-0.2, -0.15) is 9.67 Å². The van der Waals surface area contributed by atoms with Crippen molar-refractivity contribution >= 4 is 40.2 Å². The Morgan fingerprint density at radius 1 is 1.13 bits per heavy atom. The molecule has 1 aliphatic heterocycles. The summed E-state index contributed by atoms with van der Waals surface area (Å²) in [5.41, 5.74) is 2.59. The van der Waals surface area contributed by atoms with Gasteiger partial charge in [-0.3, -0.25) is 19.5 Å². The number of halogens is 1. The average Bonchev–Trinajstić information content (AvgIpc) is 3.37.